The van der Waals surface area contributed by atoms with Crippen LogP contribution in [0.3, 0.4) is 0 Å². The van der Waals surface area contributed by atoms with E-state index in [0.717, 1.165) is 41.0 Å². The van der Waals surface area contributed by atoms with Crippen LogP contribution in [0.5, 0.6) is 0 Å². The van der Waals surface area contributed by atoms with Gasteiger partial charge in [-0.3, -0.25) is 5.32 Å². The number of rotatable bonds is 4. The predicted octanol–water partition coefficient (Wildman–Crippen LogP) is 5.80. The Morgan fingerprint density at radius 2 is 1.79 bits per heavy atom. The lowest BCUT2D eigenvalue weighted by Gasteiger charge is -2.22. The predicted molar refractivity (Wildman–Crippen MR) is 120 cm³/mol. The third-order valence-corrected chi connectivity index (χ3v) is 8.68. The second-order valence-electron chi connectivity index (χ2n) is 7.86. The van der Waals surface area contributed by atoms with Gasteiger partial charge in [0.1, 0.15) is 9.21 Å². The highest BCUT2D eigenvalue weighted by molar-refractivity contribution is 7.93. The minimum atomic E-state index is -3.34. The number of thiophene rings is 1. The molecule has 4 rings (SSSR count). The summed E-state index contributed by atoms with van der Waals surface area (Å²) in [6.07, 6.45) is 13.0. The minimum Gasteiger partial charge on any atom is -0.308 e. The van der Waals surface area contributed by atoms with Crippen molar-refractivity contribution in [3.63, 3.8) is 0 Å². The lowest BCUT2D eigenvalue weighted by molar-refractivity contribution is 0.262. The first-order valence-corrected chi connectivity index (χ1v) is 12.8. The van der Waals surface area contributed by atoms with Gasteiger partial charge in [-0.2, -0.15) is 0 Å². The first kappa shape index (κ1) is 20.2. The second kappa shape index (κ2) is 8.32. The van der Waals surface area contributed by atoms with Crippen molar-refractivity contribution in [3.05, 3.63) is 47.0 Å². The molecule has 29 heavy (non-hydrogen) atoms. The van der Waals surface area contributed by atoms with Gasteiger partial charge in [-0.1, -0.05) is 43.5 Å². The number of hydrogen-bond donors (Lipinski definition) is 2. The molecular weight excluding hydrogens is 404 g/mol. The van der Waals surface area contributed by atoms with Crippen molar-refractivity contribution in [2.75, 3.05) is 16.9 Å². The Balaban J connectivity index is 1.46. The number of benzene rings is 1. The molecule has 0 bridgehead atoms. The van der Waals surface area contributed by atoms with E-state index in [1.165, 1.54) is 43.9 Å². The minimum absolute atomic E-state index is 0.315. The smallest absolute Gasteiger partial charge is 0.308 e. The summed E-state index contributed by atoms with van der Waals surface area (Å²) in [4.78, 5) is 12.5. The summed E-state index contributed by atoms with van der Waals surface area (Å²) in [5, 5.41) is 6.34. The van der Waals surface area contributed by atoms with E-state index in [1.807, 2.05) is 24.3 Å². The topological polar surface area (TPSA) is 75.3 Å². The summed E-state index contributed by atoms with van der Waals surface area (Å²) < 4.78 is 24.5. The molecule has 2 aliphatic rings. The van der Waals surface area contributed by atoms with Crippen LogP contribution in [-0.2, 0) is 16.3 Å². The van der Waals surface area contributed by atoms with E-state index in [9.17, 15) is 13.2 Å². The third kappa shape index (κ3) is 4.56. The summed E-state index contributed by atoms with van der Waals surface area (Å²) in [5.74, 6) is 0.631. The first-order valence-electron chi connectivity index (χ1n) is 10.1. The molecule has 1 heterocycles. The zero-order valence-corrected chi connectivity index (χ0v) is 18.2. The van der Waals surface area contributed by atoms with Crippen LogP contribution in [0.25, 0.3) is 6.08 Å². The van der Waals surface area contributed by atoms with E-state index in [0.29, 0.717) is 15.1 Å². The molecule has 1 saturated carbocycles. The van der Waals surface area contributed by atoms with Gasteiger partial charge in [0.25, 0.3) is 0 Å². The Kier molecular flexibility index (Phi) is 5.79. The number of fused-ring (bicyclic) bond motifs is 1. The van der Waals surface area contributed by atoms with Crippen molar-refractivity contribution < 1.29 is 13.2 Å². The van der Waals surface area contributed by atoms with Crippen LogP contribution < -0.4 is 10.6 Å². The maximum Gasteiger partial charge on any atom is 0.324 e. The van der Waals surface area contributed by atoms with Crippen molar-refractivity contribution in [3.8, 4) is 0 Å². The van der Waals surface area contributed by atoms with E-state index in [-0.39, 0.29) is 6.03 Å². The monoisotopic (exact) mass is 430 g/mol. The molecule has 2 aliphatic carbocycles. The molecule has 0 saturated heterocycles. The number of anilines is 2. The van der Waals surface area contributed by atoms with Gasteiger partial charge in [-0.25, -0.2) is 13.2 Å². The highest BCUT2D eigenvalue weighted by Gasteiger charge is 2.25. The van der Waals surface area contributed by atoms with E-state index >= 15 is 0 Å². The van der Waals surface area contributed by atoms with Crippen LogP contribution in [0.15, 0.2) is 34.6 Å². The van der Waals surface area contributed by atoms with Gasteiger partial charge < -0.3 is 5.32 Å². The molecule has 0 atom stereocenters. The van der Waals surface area contributed by atoms with E-state index < -0.39 is 9.84 Å². The van der Waals surface area contributed by atoms with Gasteiger partial charge in [0, 0.05) is 17.5 Å². The largest absolute Gasteiger partial charge is 0.324 e. The van der Waals surface area contributed by atoms with Crippen LogP contribution in [0.1, 0.15) is 61.1 Å². The summed E-state index contributed by atoms with van der Waals surface area (Å²) in [5.41, 5.74) is 3.69. The second-order valence-corrected chi connectivity index (χ2v) is 11.1. The third-order valence-electron chi connectivity index (χ3n) is 5.67. The Morgan fingerprint density at radius 3 is 2.48 bits per heavy atom. The highest BCUT2D eigenvalue weighted by Crippen LogP contribution is 2.40. The van der Waals surface area contributed by atoms with E-state index in [2.05, 4.69) is 22.8 Å². The van der Waals surface area contributed by atoms with Gasteiger partial charge in [0.15, 0.2) is 9.84 Å². The Hall–Kier alpha value is -2.12. The molecule has 1 fully saturated rings. The SMILES string of the molecule is CS(=O)(=O)c1sc(NC(=O)Nc2ccc(C3CCCCC3)cc2)c2c1C=CCC2. The number of amides is 2. The zero-order chi connectivity index (χ0) is 20.4. The van der Waals surface area contributed by atoms with Gasteiger partial charge in [0.05, 0.1) is 0 Å². The van der Waals surface area contributed by atoms with Crippen molar-refractivity contribution in [2.45, 2.75) is 55.1 Å². The fraction of sp³-hybridized carbons (Fsp3) is 0.409. The lowest BCUT2D eigenvalue weighted by Crippen LogP contribution is -2.19. The van der Waals surface area contributed by atoms with Crippen molar-refractivity contribution in [1.29, 1.82) is 0 Å². The van der Waals surface area contributed by atoms with E-state index in [1.54, 1.807) is 0 Å². The van der Waals surface area contributed by atoms with Gasteiger partial charge in [0.2, 0.25) is 0 Å². The molecule has 154 valence electrons. The first-order chi connectivity index (χ1) is 13.9. The molecule has 2 N–H and O–H groups in total. The number of urea groups is 1. The van der Waals surface area contributed by atoms with Crippen molar-refractivity contribution in [1.82, 2.24) is 0 Å². The van der Waals surface area contributed by atoms with Crippen LogP contribution >= 0.6 is 11.3 Å². The average Bonchev–Trinajstić information content (AvgIpc) is 3.08. The standard InChI is InChI=1S/C22H26N2O3S2/c1-29(26,27)21-19-10-6-5-9-18(19)20(28-21)24-22(25)23-17-13-11-16(12-14-17)15-7-3-2-4-8-15/h6,10-15H,2-5,7-9H2,1H3,(H2,23,24,25). The molecule has 5 nitrogen and oxygen atoms in total. The van der Waals surface area contributed by atoms with Crippen LogP contribution in [0.4, 0.5) is 15.5 Å². The molecule has 2 amide bonds. The molecule has 0 radical (unpaired) electrons. The number of hydrogen-bond acceptors (Lipinski definition) is 4. The van der Waals surface area contributed by atoms with Crippen molar-refractivity contribution in [2.24, 2.45) is 0 Å². The van der Waals surface area contributed by atoms with Crippen LogP contribution in [0, 0.1) is 0 Å². The fourth-order valence-corrected chi connectivity index (χ4v) is 6.63. The van der Waals surface area contributed by atoms with Crippen LogP contribution in [0.2, 0.25) is 0 Å². The number of carbonyl (C=O) groups excluding carboxylic acids is 1. The molecule has 0 unspecified atom stereocenters. The molecule has 1 aromatic carbocycles. The fourth-order valence-electron chi connectivity index (χ4n) is 4.22. The zero-order valence-electron chi connectivity index (χ0n) is 16.5. The quantitative estimate of drug-likeness (QED) is 0.643. The summed E-state index contributed by atoms with van der Waals surface area (Å²) >= 11 is 1.13. The van der Waals surface area contributed by atoms with Gasteiger partial charge in [-0.15, -0.1) is 11.3 Å². The Morgan fingerprint density at radius 1 is 1.07 bits per heavy atom. The number of carbonyl (C=O) groups is 1. The molecular formula is C22H26N2O3S2. The summed E-state index contributed by atoms with van der Waals surface area (Å²) in [6, 6.07) is 7.74. The number of allylic oxidation sites excluding steroid dienone is 1. The molecule has 1 aromatic heterocycles. The molecule has 0 aliphatic heterocycles. The summed E-state index contributed by atoms with van der Waals surface area (Å²) in [7, 11) is -3.34. The number of nitrogens with one attached hydrogen (secondary N) is 2. The highest BCUT2D eigenvalue weighted by atomic mass is 32.2. The summed E-state index contributed by atoms with van der Waals surface area (Å²) in [6.45, 7) is 0. The average molecular weight is 431 g/mol. The molecule has 7 heteroatoms. The van der Waals surface area contributed by atoms with E-state index in [4.69, 9.17) is 0 Å². The maximum absolute atomic E-state index is 12.5. The van der Waals surface area contributed by atoms with Gasteiger partial charge in [-0.05, 0) is 54.9 Å². The normalized spacial score (nSPS) is 17.0. The Bertz CT molecular complexity index is 1030. The number of sulfone groups is 1. The van der Waals surface area contributed by atoms with Crippen molar-refractivity contribution >= 4 is 44.0 Å². The Labute approximate surface area is 176 Å². The van der Waals surface area contributed by atoms with Crippen LogP contribution in [-0.4, -0.2) is 20.7 Å². The lowest BCUT2D eigenvalue weighted by atomic mass is 9.84. The molecule has 0 spiro atoms. The van der Waals surface area contributed by atoms with Gasteiger partial charge >= 0.3 is 6.03 Å². The molecule has 2 aromatic rings. The maximum atomic E-state index is 12.5.